The van der Waals surface area contributed by atoms with E-state index in [1.165, 1.54) is 16.9 Å². The molecule has 0 spiro atoms. The predicted octanol–water partition coefficient (Wildman–Crippen LogP) is 3.72. The highest BCUT2D eigenvalue weighted by molar-refractivity contribution is 5.65. The molecule has 2 heterocycles. The van der Waals surface area contributed by atoms with E-state index in [1.807, 2.05) is 6.33 Å². The smallest absolute Gasteiger partial charge is 0.0995 e. The maximum atomic E-state index is 4.48. The van der Waals surface area contributed by atoms with Gasteiger partial charge in [0.1, 0.15) is 0 Å². The monoisotopic (exact) mass is 269 g/mol. The number of fused-ring (bicyclic) bond motifs is 1. The molecular formula is C17H23N3. The largest absolute Gasteiger partial charge is 0.373 e. The number of rotatable bonds is 2. The molecule has 1 aliphatic heterocycles. The van der Waals surface area contributed by atoms with Crippen LogP contribution in [0.4, 0.5) is 5.69 Å². The number of aromatic nitrogens is 2. The SMILES string of the molecule is CC(C)c1cn(-c2ccc3c(c2)N(C)CC3(C)C)cn1. The third kappa shape index (κ3) is 2.01. The molecule has 0 saturated heterocycles. The van der Waals surface area contributed by atoms with Gasteiger partial charge in [0.2, 0.25) is 0 Å². The van der Waals surface area contributed by atoms with E-state index < -0.39 is 0 Å². The number of imidazole rings is 1. The first kappa shape index (κ1) is 13.2. The lowest BCUT2D eigenvalue weighted by Crippen LogP contribution is -2.24. The van der Waals surface area contributed by atoms with E-state index in [0.717, 1.165) is 12.2 Å². The molecule has 0 radical (unpaired) electrons. The Hall–Kier alpha value is -1.77. The number of likely N-dealkylation sites (N-methyl/N-ethyl adjacent to an activating group) is 1. The van der Waals surface area contributed by atoms with Crippen LogP contribution in [0.15, 0.2) is 30.7 Å². The summed E-state index contributed by atoms with van der Waals surface area (Å²) in [6.07, 6.45) is 4.05. The van der Waals surface area contributed by atoms with E-state index in [-0.39, 0.29) is 5.41 Å². The fraction of sp³-hybridized carbons (Fsp3) is 0.471. The highest BCUT2D eigenvalue weighted by Gasteiger charge is 2.33. The quantitative estimate of drug-likeness (QED) is 0.828. The molecule has 1 aromatic heterocycles. The van der Waals surface area contributed by atoms with Crippen molar-refractivity contribution in [1.29, 1.82) is 0 Å². The van der Waals surface area contributed by atoms with Gasteiger partial charge in [0.15, 0.2) is 0 Å². The van der Waals surface area contributed by atoms with Crippen LogP contribution in [0.25, 0.3) is 5.69 Å². The minimum absolute atomic E-state index is 0.237. The molecular weight excluding hydrogens is 246 g/mol. The van der Waals surface area contributed by atoms with Gasteiger partial charge in [0, 0.05) is 36.6 Å². The lowest BCUT2D eigenvalue weighted by molar-refractivity contribution is 0.563. The van der Waals surface area contributed by atoms with Crippen LogP contribution in [0, 0.1) is 0 Å². The Labute approximate surface area is 121 Å². The van der Waals surface area contributed by atoms with Crippen molar-refractivity contribution >= 4 is 5.69 Å². The Balaban J connectivity index is 2.02. The van der Waals surface area contributed by atoms with E-state index in [2.05, 4.69) is 73.6 Å². The first-order chi connectivity index (χ1) is 9.38. The van der Waals surface area contributed by atoms with E-state index in [0.29, 0.717) is 5.92 Å². The Kier molecular flexibility index (Phi) is 2.89. The van der Waals surface area contributed by atoms with Crippen LogP contribution in [0.1, 0.15) is 44.9 Å². The van der Waals surface area contributed by atoms with Crippen molar-refractivity contribution in [2.24, 2.45) is 0 Å². The predicted molar refractivity (Wildman–Crippen MR) is 83.9 cm³/mol. The van der Waals surface area contributed by atoms with Crippen molar-refractivity contribution in [3.05, 3.63) is 42.0 Å². The van der Waals surface area contributed by atoms with E-state index in [4.69, 9.17) is 0 Å². The van der Waals surface area contributed by atoms with Crippen LogP contribution >= 0.6 is 0 Å². The summed E-state index contributed by atoms with van der Waals surface area (Å²) < 4.78 is 2.12. The molecule has 0 bridgehead atoms. The summed E-state index contributed by atoms with van der Waals surface area (Å²) in [6, 6.07) is 6.74. The minimum Gasteiger partial charge on any atom is -0.373 e. The molecule has 0 unspecified atom stereocenters. The lowest BCUT2D eigenvalue weighted by atomic mass is 9.87. The first-order valence-corrected chi connectivity index (χ1v) is 7.28. The van der Waals surface area contributed by atoms with Crippen molar-refractivity contribution in [2.75, 3.05) is 18.5 Å². The number of nitrogens with zero attached hydrogens (tertiary/aromatic N) is 3. The standard InChI is InChI=1S/C17H23N3/c1-12(2)15-9-20(11-18-15)13-6-7-14-16(8-13)19(5)10-17(14,3)4/h6-9,11-12H,10H2,1-5H3. The molecule has 20 heavy (non-hydrogen) atoms. The summed E-state index contributed by atoms with van der Waals surface area (Å²) in [6.45, 7) is 10.0. The number of hydrogen-bond donors (Lipinski definition) is 0. The second-order valence-electron chi connectivity index (χ2n) is 6.80. The van der Waals surface area contributed by atoms with Gasteiger partial charge >= 0.3 is 0 Å². The number of benzene rings is 1. The van der Waals surface area contributed by atoms with Gasteiger partial charge in [0.05, 0.1) is 12.0 Å². The summed E-state index contributed by atoms with van der Waals surface area (Å²) >= 11 is 0. The highest BCUT2D eigenvalue weighted by atomic mass is 15.1. The van der Waals surface area contributed by atoms with E-state index >= 15 is 0 Å². The third-order valence-corrected chi connectivity index (χ3v) is 4.25. The van der Waals surface area contributed by atoms with Gasteiger partial charge in [-0.1, -0.05) is 33.8 Å². The molecule has 1 aromatic carbocycles. The molecule has 3 rings (SSSR count). The molecule has 0 amide bonds. The Morgan fingerprint density at radius 1 is 1.25 bits per heavy atom. The Morgan fingerprint density at radius 2 is 2.00 bits per heavy atom. The third-order valence-electron chi connectivity index (χ3n) is 4.25. The zero-order valence-electron chi connectivity index (χ0n) is 13.0. The molecule has 3 heteroatoms. The first-order valence-electron chi connectivity index (χ1n) is 7.28. The second kappa shape index (κ2) is 4.37. The molecule has 0 N–H and O–H groups in total. The molecule has 3 nitrogen and oxygen atoms in total. The molecule has 0 atom stereocenters. The normalized spacial score (nSPS) is 16.8. The lowest BCUT2D eigenvalue weighted by Gasteiger charge is -2.18. The number of hydrogen-bond acceptors (Lipinski definition) is 2. The van der Waals surface area contributed by atoms with E-state index in [1.54, 1.807) is 0 Å². The zero-order valence-corrected chi connectivity index (χ0v) is 13.0. The molecule has 0 saturated carbocycles. The van der Waals surface area contributed by atoms with Crippen molar-refractivity contribution in [2.45, 2.75) is 39.0 Å². The fourth-order valence-electron chi connectivity index (χ4n) is 3.11. The van der Waals surface area contributed by atoms with E-state index in [9.17, 15) is 0 Å². The van der Waals surface area contributed by atoms with Crippen LogP contribution in [0.3, 0.4) is 0 Å². The number of anilines is 1. The van der Waals surface area contributed by atoms with Crippen LogP contribution in [-0.4, -0.2) is 23.1 Å². The average molecular weight is 269 g/mol. The summed E-state index contributed by atoms with van der Waals surface area (Å²) in [5, 5.41) is 0. The van der Waals surface area contributed by atoms with Crippen LogP contribution < -0.4 is 4.90 Å². The molecule has 2 aromatic rings. The van der Waals surface area contributed by atoms with Gasteiger partial charge in [-0.2, -0.15) is 0 Å². The topological polar surface area (TPSA) is 21.1 Å². The molecule has 0 fully saturated rings. The van der Waals surface area contributed by atoms with Crippen molar-refractivity contribution in [3.63, 3.8) is 0 Å². The maximum Gasteiger partial charge on any atom is 0.0995 e. The summed E-state index contributed by atoms with van der Waals surface area (Å²) in [5.74, 6) is 0.465. The van der Waals surface area contributed by atoms with Gasteiger partial charge in [0.25, 0.3) is 0 Å². The Bertz CT molecular complexity index is 637. The van der Waals surface area contributed by atoms with Crippen molar-refractivity contribution < 1.29 is 0 Å². The van der Waals surface area contributed by atoms with Gasteiger partial charge < -0.3 is 9.47 Å². The van der Waals surface area contributed by atoms with Gasteiger partial charge in [-0.25, -0.2) is 4.98 Å². The zero-order chi connectivity index (χ0) is 14.5. The minimum atomic E-state index is 0.237. The van der Waals surface area contributed by atoms with Gasteiger partial charge in [-0.05, 0) is 23.6 Å². The van der Waals surface area contributed by atoms with Crippen LogP contribution in [-0.2, 0) is 5.41 Å². The Morgan fingerprint density at radius 3 is 2.65 bits per heavy atom. The van der Waals surface area contributed by atoms with Gasteiger partial charge in [-0.15, -0.1) is 0 Å². The van der Waals surface area contributed by atoms with Crippen molar-refractivity contribution in [1.82, 2.24) is 9.55 Å². The maximum absolute atomic E-state index is 4.48. The molecule has 1 aliphatic rings. The summed E-state index contributed by atoms with van der Waals surface area (Å²) in [4.78, 5) is 6.83. The van der Waals surface area contributed by atoms with Crippen LogP contribution in [0.2, 0.25) is 0 Å². The highest BCUT2D eigenvalue weighted by Crippen LogP contribution is 2.40. The average Bonchev–Trinajstić information content (AvgIpc) is 2.94. The summed E-state index contributed by atoms with van der Waals surface area (Å²) in [5.41, 5.74) is 5.34. The molecule has 0 aliphatic carbocycles. The molecule has 106 valence electrons. The van der Waals surface area contributed by atoms with Crippen molar-refractivity contribution in [3.8, 4) is 5.69 Å². The fourth-order valence-corrected chi connectivity index (χ4v) is 3.11. The second-order valence-corrected chi connectivity index (χ2v) is 6.80. The van der Waals surface area contributed by atoms with Gasteiger partial charge in [-0.3, -0.25) is 0 Å². The van der Waals surface area contributed by atoms with Crippen LogP contribution in [0.5, 0.6) is 0 Å². The summed E-state index contributed by atoms with van der Waals surface area (Å²) in [7, 11) is 2.17.